The number of anilines is 2. The van der Waals surface area contributed by atoms with Crippen molar-refractivity contribution in [3.8, 4) is 17.1 Å². The van der Waals surface area contributed by atoms with Crippen molar-refractivity contribution in [1.82, 2.24) is 14.8 Å². The molecule has 2 N–H and O–H groups in total. The smallest absolute Gasteiger partial charge is 0.255 e. The number of hydrogen-bond donors (Lipinski definition) is 2. The zero-order valence-electron chi connectivity index (χ0n) is 15.8. The maximum atomic E-state index is 12.9. The van der Waals surface area contributed by atoms with Gasteiger partial charge in [0.25, 0.3) is 5.91 Å². The second-order valence-corrected chi connectivity index (χ2v) is 6.39. The third kappa shape index (κ3) is 3.46. The minimum atomic E-state index is -0.195. The van der Waals surface area contributed by atoms with Crippen LogP contribution in [0.2, 0.25) is 0 Å². The quantitative estimate of drug-likeness (QED) is 0.711. The monoisotopic (exact) mass is 375 g/mol. The first-order valence-electron chi connectivity index (χ1n) is 9.16. The van der Waals surface area contributed by atoms with Gasteiger partial charge in [0.15, 0.2) is 5.82 Å². The summed E-state index contributed by atoms with van der Waals surface area (Å²) in [5.74, 6) is 1.70. The van der Waals surface area contributed by atoms with Gasteiger partial charge in [0.2, 0.25) is 5.95 Å². The highest BCUT2D eigenvalue weighted by Gasteiger charge is 2.24. The van der Waals surface area contributed by atoms with Crippen LogP contribution in [0.25, 0.3) is 11.4 Å². The van der Waals surface area contributed by atoms with Crippen LogP contribution in [0, 0.1) is 0 Å². The van der Waals surface area contributed by atoms with Gasteiger partial charge < -0.3 is 15.4 Å². The van der Waals surface area contributed by atoms with E-state index in [2.05, 4.69) is 20.7 Å². The topological polar surface area (TPSA) is 81.1 Å². The molecular formula is C21H21N5O2. The number of carbonyl (C=O) groups is 1. The van der Waals surface area contributed by atoms with Gasteiger partial charge in [0.1, 0.15) is 5.75 Å². The number of carbonyl (C=O) groups excluding carboxylic acids is 1. The SMILES string of the molecule is CCOc1ccccc1NC(=O)C1=C(C)Nc2nc(-c3ccccc3)nn2C1. The normalized spacial score (nSPS) is 12.9. The number of ether oxygens (including phenoxy) is 1. The number of nitrogens with one attached hydrogen (secondary N) is 2. The molecule has 7 nitrogen and oxygen atoms in total. The number of benzene rings is 2. The summed E-state index contributed by atoms with van der Waals surface area (Å²) in [6.45, 7) is 4.65. The molecular weight excluding hydrogens is 354 g/mol. The van der Waals surface area contributed by atoms with Gasteiger partial charge in [-0.15, -0.1) is 5.10 Å². The summed E-state index contributed by atoms with van der Waals surface area (Å²) in [7, 11) is 0. The Morgan fingerprint density at radius 3 is 2.71 bits per heavy atom. The summed E-state index contributed by atoms with van der Waals surface area (Å²) in [5, 5.41) is 10.7. The second kappa shape index (κ2) is 7.56. The standard InChI is InChI=1S/C21H21N5O2/c1-3-28-18-12-8-7-11-17(18)23-20(27)16-13-26-21(22-14(16)2)24-19(25-26)15-9-5-4-6-10-15/h4-12H,3,13H2,1-2H3,(H,23,27)(H,22,24,25). The van der Waals surface area contributed by atoms with Crippen LogP contribution < -0.4 is 15.4 Å². The Morgan fingerprint density at radius 2 is 1.93 bits per heavy atom. The van der Waals surface area contributed by atoms with Crippen LogP contribution in [0.5, 0.6) is 5.75 Å². The summed E-state index contributed by atoms with van der Waals surface area (Å²) < 4.78 is 7.29. The average molecular weight is 375 g/mol. The lowest BCUT2D eigenvalue weighted by atomic mass is 10.1. The Kier molecular flexibility index (Phi) is 4.80. The van der Waals surface area contributed by atoms with Crippen LogP contribution >= 0.6 is 0 Å². The van der Waals surface area contributed by atoms with Crippen LogP contribution in [0.15, 0.2) is 65.9 Å². The molecule has 28 heavy (non-hydrogen) atoms. The average Bonchev–Trinajstić information content (AvgIpc) is 3.12. The molecule has 7 heteroatoms. The first kappa shape index (κ1) is 17.8. The highest BCUT2D eigenvalue weighted by atomic mass is 16.5. The summed E-state index contributed by atoms with van der Waals surface area (Å²) in [6, 6.07) is 17.2. The Hall–Kier alpha value is -3.61. The molecule has 0 radical (unpaired) electrons. The van der Waals surface area contributed by atoms with Crippen LogP contribution in [-0.2, 0) is 11.3 Å². The van der Waals surface area contributed by atoms with E-state index in [0.717, 1.165) is 11.3 Å². The van der Waals surface area contributed by atoms with E-state index >= 15 is 0 Å². The van der Waals surface area contributed by atoms with E-state index < -0.39 is 0 Å². The molecule has 0 saturated heterocycles. The van der Waals surface area contributed by atoms with Gasteiger partial charge in [-0.1, -0.05) is 42.5 Å². The lowest BCUT2D eigenvalue weighted by Gasteiger charge is -2.20. The predicted molar refractivity (Wildman–Crippen MR) is 108 cm³/mol. The Labute approximate surface area is 163 Å². The van der Waals surface area contributed by atoms with Crippen molar-refractivity contribution < 1.29 is 9.53 Å². The third-order valence-corrected chi connectivity index (χ3v) is 4.47. The number of hydrogen-bond acceptors (Lipinski definition) is 5. The molecule has 4 rings (SSSR count). The number of fused-ring (bicyclic) bond motifs is 1. The van der Waals surface area contributed by atoms with Crippen LogP contribution in [0.3, 0.4) is 0 Å². The lowest BCUT2D eigenvalue weighted by Crippen LogP contribution is -2.26. The van der Waals surface area contributed by atoms with Crippen molar-refractivity contribution in [2.75, 3.05) is 17.2 Å². The highest BCUT2D eigenvalue weighted by molar-refractivity contribution is 6.05. The second-order valence-electron chi connectivity index (χ2n) is 6.39. The third-order valence-electron chi connectivity index (χ3n) is 4.47. The molecule has 3 aromatic rings. The summed E-state index contributed by atoms with van der Waals surface area (Å²) in [5.41, 5.74) is 2.93. The van der Waals surface area contributed by atoms with Crippen molar-refractivity contribution in [2.24, 2.45) is 0 Å². The van der Waals surface area contributed by atoms with Crippen LogP contribution in [-0.4, -0.2) is 27.3 Å². The molecule has 0 bridgehead atoms. The minimum Gasteiger partial charge on any atom is -0.492 e. The fourth-order valence-electron chi connectivity index (χ4n) is 3.06. The molecule has 1 amide bonds. The first-order chi connectivity index (χ1) is 13.7. The van der Waals surface area contributed by atoms with Crippen molar-refractivity contribution in [3.63, 3.8) is 0 Å². The van der Waals surface area contributed by atoms with Gasteiger partial charge in [-0.2, -0.15) is 4.98 Å². The zero-order chi connectivity index (χ0) is 19.5. The van der Waals surface area contributed by atoms with Gasteiger partial charge in [-0.25, -0.2) is 4.68 Å². The number of nitrogens with zero attached hydrogens (tertiary/aromatic N) is 3. The van der Waals surface area contributed by atoms with Crippen molar-refractivity contribution in [1.29, 1.82) is 0 Å². The highest BCUT2D eigenvalue weighted by Crippen LogP contribution is 2.27. The molecule has 2 aromatic carbocycles. The zero-order valence-corrected chi connectivity index (χ0v) is 15.8. The van der Waals surface area contributed by atoms with Crippen LogP contribution in [0.4, 0.5) is 11.6 Å². The number of allylic oxidation sites excluding steroid dienone is 1. The van der Waals surface area contributed by atoms with E-state index in [1.165, 1.54) is 0 Å². The minimum absolute atomic E-state index is 0.195. The summed E-state index contributed by atoms with van der Waals surface area (Å²) >= 11 is 0. The van der Waals surface area contributed by atoms with Gasteiger partial charge in [-0.3, -0.25) is 4.79 Å². The van der Waals surface area contributed by atoms with E-state index in [1.807, 2.05) is 68.4 Å². The summed E-state index contributed by atoms with van der Waals surface area (Å²) in [4.78, 5) is 17.4. The van der Waals surface area contributed by atoms with Gasteiger partial charge in [-0.05, 0) is 26.0 Å². The van der Waals surface area contributed by atoms with Crippen molar-refractivity contribution in [3.05, 3.63) is 65.9 Å². The fraction of sp³-hybridized carbons (Fsp3) is 0.190. The molecule has 0 saturated carbocycles. The van der Waals surface area contributed by atoms with Gasteiger partial charge >= 0.3 is 0 Å². The van der Waals surface area contributed by atoms with E-state index in [1.54, 1.807) is 4.68 Å². The van der Waals surface area contributed by atoms with Crippen molar-refractivity contribution in [2.45, 2.75) is 20.4 Å². The van der Waals surface area contributed by atoms with Gasteiger partial charge in [0.05, 0.1) is 24.4 Å². The molecule has 0 spiro atoms. The molecule has 1 aromatic heterocycles. The first-order valence-corrected chi connectivity index (χ1v) is 9.16. The van der Waals surface area contributed by atoms with E-state index in [9.17, 15) is 4.79 Å². The fourth-order valence-corrected chi connectivity index (χ4v) is 3.06. The Morgan fingerprint density at radius 1 is 1.18 bits per heavy atom. The Bertz CT molecular complexity index is 1040. The Balaban J connectivity index is 1.55. The lowest BCUT2D eigenvalue weighted by molar-refractivity contribution is -0.113. The predicted octanol–water partition coefficient (Wildman–Crippen LogP) is 3.68. The van der Waals surface area contributed by atoms with Gasteiger partial charge in [0, 0.05) is 11.3 Å². The molecule has 0 aliphatic carbocycles. The van der Waals surface area contributed by atoms with E-state index in [-0.39, 0.29) is 5.91 Å². The molecule has 1 aliphatic rings. The largest absolute Gasteiger partial charge is 0.492 e. The number of rotatable bonds is 5. The maximum Gasteiger partial charge on any atom is 0.255 e. The number of para-hydroxylation sites is 2. The number of aromatic nitrogens is 3. The molecule has 1 aliphatic heterocycles. The molecule has 0 fully saturated rings. The molecule has 2 heterocycles. The van der Waals surface area contributed by atoms with Crippen molar-refractivity contribution >= 4 is 17.5 Å². The van der Waals surface area contributed by atoms with Crippen LogP contribution in [0.1, 0.15) is 13.8 Å². The van der Waals surface area contributed by atoms with E-state index in [0.29, 0.717) is 41.9 Å². The summed E-state index contributed by atoms with van der Waals surface area (Å²) in [6.07, 6.45) is 0. The molecule has 142 valence electrons. The van der Waals surface area contributed by atoms with E-state index in [4.69, 9.17) is 4.74 Å². The number of amides is 1. The maximum absolute atomic E-state index is 12.9. The molecule has 0 unspecified atom stereocenters. The molecule has 0 atom stereocenters.